The molecule has 306 valence electrons. The minimum absolute atomic E-state index is 0.0298. The molecule has 0 bridgehead atoms. The highest BCUT2D eigenvalue weighted by Gasteiger charge is 2.51. The van der Waals surface area contributed by atoms with Crippen molar-refractivity contribution < 1.29 is 51.1 Å². The van der Waals surface area contributed by atoms with Crippen LogP contribution in [0.3, 0.4) is 0 Å². The Labute approximate surface area is 320 Å². The summed E-state index contributed by atoms with van der Waals surface area (Å²) in [5.74, 6) is 0.574. The number of hydrogen-bond acceptors (Lipinski definition) is 12. The van der Waals surface area contributed by atoms with E-state index in [2.05, 4.69) is 52.1 Å². The largest absolute Gasteiger partial charge is 0.429 e. The van der Waals surface area contributed by atoms with Gasteiger partial charge >= 0.3 is 5.97 Å². The summed E-state index contributed by atoms with van der Waals surface area (Å²) in [5.41, 5.74) is -0.544. The molecule has 15 heteroatoms. The zero-order valence-corrected chi connectivity index (χ0v) is 36.2. The van der Waals surface area contributed by atoms with E-state index in [1.165, 1.54) is 18.7 Å². The van der Waals surface area contributed by atoms with Crippen molar-refractivity contribution in [3.8, 4) is 0 Å². The highest BCUT2D eigenvalue weighted by Crippen LogP contribution is 2.35. The third-order valence-electron chi connectivity index (χ3n) is 8.63. The number of ether oxygens (including phenoxy) is 8. The summed E-state index contributed by atoms with van der Waals surface area (Å²) < 4.78 is 81.4. The molecule has 12 nitrogen and oxygen atoms in total. The van der Waals surface area contributed by atoms with Gasteiger partial charge < -0.3 is 37.9 Å². The fourth-order valence-corrected chi connectivity index (χ4v) is 11.0. The number of nitrogens with one attached hydrogen (secondary N) is 1. The lowest BCUT2D eigenvalue weighted by molar-refractivity contribution is -0.295. The lowest BCUT2D eigenvalue weighted by Gasteiger charge is -2.48. The van der Waals surface area contributed by atoms with E-state index < -0.39 is 72.4 Å². The van der Waals surface area contributed by atoms with Crippen LogP contribution in [0.2, 0.25) is 25.7 Å². The fraction of sp³-hybridized carbons (Fsp3) is 0.919. The summed E-state index contributed by atoms with van der Waals surface area (Å²) in [7, 11) is -5.35. The molecule has 0 radical (unpaired) electrons. The Morgan fingerprint density at radius 1 is 0.846 bits per heavy atom. The summed E-state index contributed by atoms with van der Waals surface area (Å²) in [6.45, 7) is 20.5. The third-order valence-corrected chi connectivity index (χ3v) is 13.2. The van der Waals surface area contributed by atoms with Gasteiger partial charge in [-0.25, -0.2) is 13.1 Å². The summed E-state index contributed by atoms with van der Waals surface area (Å²) in [5, 5.41) is 0. The molecule has 8 atom stereocenters. The van der Waals surface area contributed by atoms with Crippen molar-refractivity contribution in [2.75, 3.05) is 51.1 Å². The van der Waals surface area contributed by atoms with Gasteiger partial charge in [0.25, 0.3) is 0 Å². The van der Waals surface area contributed by atoms with Crippen molar-refractivity contribution in [3.63, 3.8) is 0 Å². The van der Waals surface area contributed by atoms with E-state index in [1.54, 1.807) is 6.08 Å². The Morgan fingerprint density at radius 2 is 1.44 bits per heavy atom. The lowest BCUT2D eigenvalue weighted by atomic mass is 9.97. The van der Waals surface area contributed by atoms with Crippen LogP contribution in [-0.4, -0.2) is 122 Å². The van der Waals surface area contributed by atoms with Crippen LogP contribution in [0.5, 0.6) is 0 Å². The van der Waals surface area contributed by atoms with Gasteiger partial charge in [0, 0.05) is 41.4 Å². The van der Waals surface area contributed by atoms with E-state index in [-0.39, 0.29) is 19.0 Å². The highest BCUT2D eigenvalue weighted by molar-refractivity contribution is 7.99. The maximum absolute atomic E-state index is 13.7. The molecule has 2 heterocycles. The van der Waals surface area contributed by atoms with Crippen molar-refractivity contribution in [2.45, 2.75) is 167 Å². The van der Waals surface area contributed by atoms with E-state index in [4.69, 9.17) is 37.9 Å². The molecule has 4 unspecified atom stereocenters. The molecule has 2 aliphatic rings. The number of unbranched alkanes of at least 4 members (excludes halogenated alkanes) is 4. The van der Waals surface area contributed by atoms with Crippen LogP contribution in [0.15, 0.2) is 11.8 Å². The van der Waals surface area contributed by atoms with Crippen molar-refractivity contribution in [3.05, 3.63) is 11.8 Å². The molecule has 52 heavy (non-hydrogen) atoms. The number of rotatable bonds is 28. The Bertz CT molecular complexity index is 1120. The number of esters is 1. The van der Waals surface area contributed by atoms with Gasteiger partial charge in [0.05, 0.1) is 25.0 Å². The zero-order chi connectivity index (χ0) is 38.6. The van der Waals surface area contributed by atoms with Crippen LogP contribution >= 0.6 is 11.8 Å². The molecule has 1 saturated heterocycles. The minimum atomic E-state index is -3.70. The van der Waals surface area contributed by atoms with Crippen LogP contribution < -0.4 is 4.72 Å². The second-order valence-electron chi connectivity index (χ2n) is 14.8. The maximum atomic E-state index is 13.7. The molecule has 0 amide bonds. The summed E-state index contributed by atoms with van der Waals surface area (Å²) in [6.07, 6.45) is 4.31. The van der Waals surface area contributed by atoms with Crippen molar-refractivity contribution >= 4 is 35.8 Å². The molecule has 0 aromatic carbocycles. The van der Waals surface area contributed by atoms with Gasteiger partial charge in [-0.05, 0) is 43.6 Å². The van der Waals surface area contributed by atoms with Gasteiger partial charge in [0.15, 0.2) is 6.29 Å². The lowest BCUT2D eigenvalue weighted by Crippen LogP contribution is -2.66. The number of carbonyl (C=O) groups excluding carboxylic acids is 1. The molecule has 1 fully saturated rings. The smallest absolute Gasteiger partial charge is 0.307 e. The molecule has 0 aromatic rings. The molecule has 0 aliphatic carbocycles. The molecule has 0 spiro atoms. The van der Waals surface area contributed by atoms with Crippen molar-refractivity contribution in [1.82, 2.24) is 4.72 Å². The second kappa shape index (κ2) is 25.5. The van der Waals surface area contributed by atoms with Crippen LogP contribution in [0.4, 0.5) is 0 Å². The average molecular weight is 798 g/mol. The number of carbonyl (C=O) groups is 1. The molecule has 0 saturated carbocycles. The average Bonchev–Trinajstić information content (AvgIpc) is 3.07. The summed E-state index contributed by atoms with van der Waals surface area (Å²) >= 11 is 1.53. The van der Waals surface area contributed by atoms with E-state index in [9.17, 15) is 13.2 Å². The van der Waals surface area contributed by atoms with Crippen LogP contribution in [0.25, 0.3) is 0 Å². The van der Waals surface area contributed by atoms with Crippen LogP contribution in [-0.2, 0) is 52.7 Å². The first-order chi connectivity index (χ1) is 24.8. The molecular formula is C37H71NO11S2Si. The first-order valence-electron chi connectivity index (χ1n) is 19.7. The Morgan fingerprint density at radius 3 is 2.02 bits per heavy atom. The first-order valence-corrected chi connectivity index (χ1v) is 26.1. The van der Waals surface area contributed by atoms with Gasteiger partial charge in [-0.2, -0.15) is 0 Å². The quantitative estimate of drug-likeness (QED) is 0.0516. The number of sulfonamides is 1. The standard InChI is InChI=1S/C37H71NO11S2Si/c1-10-15-19-42-26-31-29(46-28(6)39)25-30(44-21-17-12-3)36(47-31)49-34-32(27-43-20-16-11-2)48-37(50-14-5)33(35(34)45-22-18-13-4)38-51(40,41)23-24-52(7,8)9/h25,30-38H,10-24,26-27H2,1-9H3/t30-,31?,32?,33-,34+,35+,36?,37?/m0/s1. The van der Waals surface area contributed by atoms with Crippen LogP contribution in [0, 0.1) is 0 Å². The van der Waals surface area contributed by atoms with Crippen molar-refractivity contribution in [2.24, 2.45) is 0 Å². The van der Waals surface area contributed by atoms with Crippen molar-refractivity contribution in [1.29, 1.82) is 0 Å². The third kappa shape index (κ3) is 17.9. The van der Waals surface area contributed by atoms with Crippen LogP contribution in [0.1, 0.15) is 92.9 Å². The number of thioether (sulfide) groups is 1. The van der Waals surface area contributed by atoms with Gasteiger partial charge in [-0.15, -0.1) is 11.8 Å². The number of hydrogen-bond donors (Lipinski definition) is 1. The molecule has 2 aliphatic heterocycles. The molecule has 0 aromatic heterocycles. The predicted molar refractivity (Wildman–Crippen MR) is 210 cm³/mol. The van der Waals surface area contributed by atoms with E-state index in [0.29, 0.717) is 44.0 Å². The van der Waals surface area contributed by atoms with E-state index in [0.717, 1.165) is 51.4 Å². The van der Waals surface area contributed by atoms with Gasteiger partial charge in [-0.3, -0.25) is 4.79 Å². The first kappa shape index (κ1) is 47.6. The Hall–Kier alpha value is -0.593. The zero-order valence-electron chi connectivity index (χ0n) is 33.5. The fourth-order valence-electron chi connectivity index (χ4n) is 5.58. The highest BCUT2D eigenvalue weighted by atomic mass is 32.2. The van der Waals surface area contributed by atoms with Gasteiger partial charge in [0.1, 0.15) is 41.7 Å². The predicted octanol–water partition coefficient (Wildman–Crippen LogP) is 6.65. The Kier molecular flexibility index (Phi) is 23.4. The second-order valence-corrected chi connectivity index (χ2v) is 23.6. The summed E-state index contributed by atoms with van der Waals surface area (Å²) in [6, 6.07) is -0.115. The van der Waals surface area contributed by atoms with E-state index >= 15 is 0 Å². The SMILES string of the molecule is CCCCOCC1OC(O[C@@H]2C(COCCCC)OC(SCC)[C@@H](NS(=O)(=O)CC[Si](C)(C)C)[C@H]2OCCCC)[C@@H](OCCCC)C=C1OC(C)=O. The monoisotopic (exact) mass is 797 g/mol. The molecule has 2 rings (SSSR count). The normalized spacial score (nSPS) is 27.1. The minimum Gasteiger partial charge on any atom is -0.429 e. The van der Waals surface area contributed by atoms with Gasteiger partial charge in [-0.1, -0.05) is 79.9 Å². The van der Waals surface area contributed by atoms with E-state index in [1.807, 2.05) is 6.92 Å². The van der Waals surface area contributed by atoms with Gasteiger partial charge in [0.2, 0.25) is 10.0 Å². The topological polar surface area (TPSA) is 137 Å². The summed E-state index contributed by atoms with van der Waals surface area (Å²) in [4.78, 5) is 12.2. The Balaban J connectivity index is 2.61. The molecule has 1 N–H and O–H groups in total. The molecular weight excluding hydrogens is 727 g/mol. The maximum Gasteiger partial charge on any atom is 0.307 e.